The van der Waals surface area contributed by atoms with Crippen molar-refractivity contribution < 1.29 is 9.47 Å². The van der Waals surface area contributed by atoms with Crippen LogP contribution in [0.15, 0.2) is 47.1 Å². The summed E-state index contributed by atoms with van der Waals surface area (Å²) in [6.07, 6.45) is 1.58. The van der Waals surface area contributed by atoms with Crippen LogP contribution in [0.3, 0.4) is 0 Å². The number of halogens is 1. The van der Waals surface area contributed by atoms with Gasteiger partial charge in [0.05, 0.1) is 17.8 Å². The van der Waals surface area contributed by atoms with Gasteiger partial charge in [-0.1, -0.05) is 24.3 Å². The van der Waals surface area contributed by atoms with Gasteiger partial charge in [0, 0.05) is 16.5 Å². The second-order valence-corrected chi connectivity index (χ2v) is 5.16. The number of fused-ring (bicyclic) bond motifs is 1. The van der Waals surface area contributed by atoms with Gasteiger partial charge in [0.15, 0.2) is 0 Å². The molecule has 0 amide bonds. The number of anilines is 1. The molecule has 0 aliphatic rings. The van der Waals surface area contributed by atoms with E-state index in [9.17, 15) is 0 Å². The molecule has 3 rings (SSSR count). The Labute approximate surface area is 129 Å². The van der Waals surface area contributed by atoms with Gasteiger partial charge in [-0.3, -0.25) is 0 Å². The van der Waals surface area contributed by atoms with Crippen LogP contribution in [0.1, 0.15) is 0 Å². The van der Waals surface area contributed by atoms with Crippen LogP contribution in [-0.2, 0) is 0 Å². The first-order valence-electron chi connectivity index (χ1n) is 6.20. The average Bonchev–Trinajstić information content (AvgIpc) is 2.52. The predicted octanol–water partition coefficient (Wildman–Crippen LogP) is 3.78. The van der Waals surface area contributed by atoms with Gasteiger partial charge in [-0.05, 0) is 28.1 Å². The van der Waals surface area contributed by atoms with Gasteiger partial charge < -0.3 is 15.2 Å². The fourth-order valence-electron chi connectivity index (χ4n) is 2.01. The molecule has 0 saturated heterocycles. The molecule has 0 spiro atoms. The zero-order chi connectivity index (χ0) is 14.8. The lowest BCUT2D eigenvalue weighted by Crippen LogP contribution is -1.97. The van der Waals surface area contributed by atoms with Crippen molar-refractivity contribution >= 4 is 32.4 Å². The molecule has 1 aromatic heterocycles. The number of methoxy groups -OCH3 is 1. The van der Waals surface area contributed by atoms with Crippen molar-refractivity contribution in [3.8, 4) is 17.6 Å². The molecule has 0 fully saturated rings. The van der Waals surface area contributed by atoms with E-state index in [1.165, 1.54) is 7.11 Å². The lowest BCUT2D eigenvalue weighted by molar-refractivity contribution is 0.374. The minimum absolute atomic E-state index is 0.213. The first-order valence-corrected chi connectivity index (χ1v) is 7.00. The molecule has 21 heavy (non-hydrogen) atoms. The first kappa shape index (κ1) is 13.6. The summed E-state index contributed by atoms with van der Waals surface area (Å²) in [6, 6.07) is 11.6. The Bertz CT molecular complexity index is 808. The topological polar surface area (TPSA) is 70.3 Å². The van der Waals surface area contributed by atoms with Crippen molar-refractivity contribution in [1.82, 2.24) is 9.97 Å². The number of benzene rings is 2. The molecule has 106 valence electrons. The lowest BCUT2D eigenvalue weighted by Gasteiger charge is -2.10. The van der Waals surface area contributed by atoms with E-state index in [4.69, 9.17) is 15.2 Å². The van der Waals surface area contributed by atoms with Crippen LogP contribution in [-0.4, -0.2) is 17.1 Å². The SMILES string of the molecule is COc1nc(Oc2ccc(N)c3ccccc23)ncc1Br. The van der Waals surface area contributed by atoms with Crippen molar-refractivity contribution in [2.24, 2.45) is 0 Å². The molecule has 2 aromatic carbocycles. The molecule has 0 unspecified atom stereocenters. The standard InChI is InChI=1S/C15H12BrN3O2/c1-20-14-11(16)8-18-15(19-14)21-13-7-6-12(17)9-4-2-3-5-10(9)13/h2-8H,17H2,1H3. The van der Waals surface area contributed by atoms with Gasteiger partial charge in [-0.15, -0.1) is 0 Å². The first-order chi connectivity index (χ1) is 10.2. The van der Waals surface area contributed by atoms with Crippen LogP contribution < -0.4 is 15.2 Å². The van der Waals surface area contributed by atoms with Crippen LogP contribution in [0.2, 0.25) is 0 Å². The van der Waals surface area contributed by atoms with Gasteiger partial charge in [0.2, 0.25) is 5.88 Å². The van der Waals surface area contributed by atoms with Crippen molar-refractivity contribution in [2.75, 3.05) is 12.8 Å². The molecule has 0 aliphatic carbocycles. The molecule has 0 radical (unpaired) electrons. The number of hydrogen-bond donors (Lipinski definition) is 1. The van der Waals surface area contributed by atoms with Gasteiger partial charge in [0.25, 0.3) is 0 Å². The highest BCUT2D eigenvalue weighted by Gasteiger charge is 2.10. The second-order valence-electron chi connectivity index (χ2n) is 4.31. The third-order valence-electron chi connectivity index (χ3n) is 3.00. The van der Waals surface area contributed by atoms with E-state index >= 15 is 0 Å². The van der Waals surface area contributed by atoms with E-state index in [1.54, 1.807) is 18.3 Å². The molecule has 6 heteroatoms. The van der Waals surface area contributed by atoms with Crippen LogP contribution in [0.4, 0.5) is 5.69 Å². The Morgan fingerprint density at radius 3 is 2.62 bits per heavy atom. The van der Waals surface area contributed by atoms with Gasteiger partial charge in [0.1, 0.15) is 5.75 Å². The lowest BCUT2D eigenvalue weighted by atomic mass is 10.1. The van der Waals surface area contributed by atoms with Crippen molar-refractivity contribution in [2.45, 2.75) is 0 Å². The zero-order valence-electron chi connectivity index (χ0n) is 11.2. The Morgan fingerprint density at radius 1 is 1.10 bits per heavy atom. The maximum Gasteiger partial charge on any atom is 0.325 e. The number of nitrogens with two attached hydrogens (primary N) is 1. The summed E-state index contributed by atoms with van der Waals surface area (Å²) in [5, 5.41) is 1.84. The van der Waals surface area contributed by atoms with Crippen LogP contribution in [0, 0.1) is 0 Å². The normalized spacial score (nSPS) is 10.6. The molecule has 3 aromatic rings. The number of rotatable bonds is 3. The molecular formula is C15H12BrN3O2. The molecule has 0 saturated carbocycles. The summed E-state index contributed by atoms with van der Waals surface area (Å²) in [4.78, 5) is 8.30. The summed E-state index contributed by atoms with van der Waals surface area (Å²) in [5.74, 6) is 1.06. The third kappa shape index (κ3) is 2.62. The van der Waals surface area contributed by atoms with E-state index < -0.39 is 0 Å². The van der Waals surface area contributed by atoms with E-state index in [-0.39, 0.29) is 6.01 Å². The quantitative estimate of drug-likeness (QED) is 0.731. The Morgan fingerprint density at radius 2 is 1.86 bits per heavy atom. The summed E-state index contributed by atoms with van der Waals surface area (Å²) in [5.41, 5.74) is 6.67. The molecule has 0 atom stereocenters. The van der Waals surface area contributed by atoms with E-state index in [1.807, 2.05) is 24.3 Å². The van der Waals surface area contributed by atoms with Crippen LogP contribution >= 0.6 is 15.9 Å². The molecule has 0 bridgehead atoms. The summed E-state index contributed by atoms with van der Waals surface area (Å²) < 4.78 is 11.6. The highest BCUT2D eigenvalue weighted by molar-refractivity contribution is 9.10. The molecule has 0 aliphatic heterocycles. The highest BCUT2D eigenvalue weighted by Crippen LogP contribution is 2.33. The third-order valence-corrected chi connectivity index (χ3v) is 3.55. The summed E-state index contributed by atoms with van der Waals surface area (Å²) in [7, 11) is 1.54. The average molecular weight is 346 g/mol. The van der Waals surface area contributed by atoms with Crippen molar-refractivity contribution in [3.63, 3.8) is 0 Å². The highest BCUT2D eigenvalue weighted by atomic mass is 79.9. The molecular weight excluding hydrogens is 334 g/mol. The minimum Gasteiger partial charge on any atom is -0.480 e. The summed E-state index contributed by atoms with van der Waals surface area (Å²) in [6.45, 7) is 0. The van der Waals surface area contributed by atoms with Gasteiger partial charge in [-0.25, -0.2) is 4.98 Å². The number of nitrogens with zero attached hydrogens (tertiary/aromatic N) is 2. The van der Waals surface area contributed by atoms with E-state index in [0.29, 0.717) is 21.8 Å². The van der Waals surface area contributed by atoms with Crippen molar-refractivity contribution in [3.05, 3.63) is 47.1 Å². The molecule has 1 heterocycles. The fourth-order valence-corrected chi connectivity index (χ4v) is 2.36. The smallest absolute Gasteiger partial charge is 0.325 e. The zero-order valence-corrected chi connectivity index (χ0v) is 12.8. The largest absolute Gasteiger partial charge is 0.480 e. The van der Waals surface area contributed by atoms with E-state index in [2.05, 4.69) is 25.9 Å². The fraction of sp³-hybridized carbons (Fsp3) is 0.0667. The Balaban J connectivity index is 2.04. The second kappa shape index (κ2) is 5.57. The Kier molecular flexibility index (Phi) is 3.62. The number of hydrogen-bond acceptors (Lipinski definition) is 5. The molecule has 5 nitrogen and oxygen atoms in total. The predicted molar refractivity (Wildman–Crippen MR) is 84.7 cm³/mol. The number of aromatic nitrogens is 2. The van der Waals surface area contributed by atoms with Crippen LogP contribution in [0.5, 0.6) is 17.6 Å². The number of ether oxygens (including phenoxy) is 2. The Hall–Kier alpha value is -2.34. The number of nitrogen functional groups attached to an aromatic ring is 1. The van der Waals surface area contributed by atoms with Crippen LogP contribution in [0.25, 0.3) is 10.8 Å². The van der Waals surface area contributed by atoms with Gasteiger partial charge >= 0.3 is 6.01 Å². The monoisotopic (exact) mass is 345 g/mol. The minimum atomic E-state index is 0.213. The summed E-state index contributed by atoms with van der Waals surface area (Å²) >= 11 is 3.30. The van der Waals surface area contributed by atoms with Gasteiger partial charge in [-0.2, -0.15) is 4.98 Å². The maximum absolute atomic E-state index is 5.97. The van der Waals surface area contributed by atoms with E-state index in [0.717, 1.165) is 10.8 Å². The molecule has 2 N–H and O–H groups in total. The van der Waals surface area contributed by atoms with Crippen molar-refractivity contribution in [1.29, 1.82) is 0 Å². The maximum atomic E-state index is 5.97.